The standard InChI is InChI=1S/C18H21N/c1-2-3-4-5-7-10-16-13-14-18(19-15-16)17-11-8-6-9-12-17/h6-15H,2-5H2,1H3/b10-7+. The van der Waals surface area contributed by atoms with Crippen molar-refractivity contribution in [2.24, 2.45) is 0 Å². The van der Waals surface area contributed by atoms with Crippen molar-refractivity contribution in [1.29, 1.82) is 0 Å². The summed E-state index contributed by atoms with van der Waals surface area (Å²) >= 11 is 0. The Morgan fingerprint density at radius 2 is 1.84 bits per heavy atom. The van der Waals surface area contributed by atoms with Crippen LogP contribution in [0.4, 0.5) is 0 Å². The molecule has 0 aliphatic carbocycles. The molecule has 0 amide bonds. The molecule has 1 aromatic carbocycles. The second-order valence-electron chi connectivity index (χ2n) is 4.74. The molecule has 0 N–H and O–H groups in total. The molecule has 1 heteroatoms. The Morgan fingerprint density at radius 1 is 1.00 bits per heavy atom. The van der Waals surface area contributed by atoms with E-state index in [9.17, 15) is 0 Å². The molecule has 1 nitrogen and oxygen atoms in total. The van der Waals surface area contributed by atoms with Gasteiger partial charge in [-0.15, -0.1) is 0 Å². The van der Waals surface area contributed by atoms with Crippen molar-refractivity contribution >= 4 is 6.08 Å². The third-order valence-corrected chi connectivity index (χ3v) is 3.14. The number of hydrogen-bond donors (Lipinski definition) is 0. The van der Waals surface area contributed by atoms with Gasteiger partial charge in [0.25, 0.3) is 0 Å². The molecule has 1 heterocycles. The number of allylic oxidation sites excluding steroid dienone is 1. The van der Waals surface area contributed by atoms with E-state index in [1.54, 1.807) is 0 Å². The largest absolute Gasteiger partial charge is 0.256 e. The Hall–Kier alpha value is -1.89. The molecule has 0 spiro atoms. The summed E-state index contributed by atoms with van der Waals surface area (Å²) in [5.41, 5.74) is 3.38. The minimum atomic E-state index is 1.03. The summed E-state index contributed by atoms with van der Waals surface area (Å²) in [6.07, 6.45) is 11.4. The van der Waals surface area contributed by atoms with E-state index >= 15 is 0 Å². The van der Waals surface area contributed by atoms with Crippen LogP contribution in [0, 0.1) is 0 Å². The fraction of sp³-hybridized carbons (Fsp3) is 0.278. The minimum absolute atomic E-state index is 1.03. The zero-order chi connectivity index (χ0) is 13.3. The molecular formula is C18H21N. The molecule has 0 aliphatic heterocycles. The van der Waals surface area contributed by atoms with Crippen LogP contribution >= 0.6 is 0 Å². The lowest BCUT2D eigenvalue weighted by Gasteiger charge is -2.00. The van der Waals surface area contributed by atoms with Gasteiger partial charge in [-0.3, -0.25) is 4.98 Å². The first-order valence-electron chi connectivity index (χ1n) is 7.08. The number of rotatable bonds is 6. The molecular weight excluding hydrogens is 230 g/mol. The van der Waals surface area contributed by atoms with E-state index < -0.39 is 0 Å². The van der Waals surface area contributed by atoms with Gasteiger partial charge in [-0.1, -0.05) is 68.3 Å². The van der Waals surface area contributed by atoms with Gasteiger partial charge in [-0.2, -0.15) is 0 Å². The summed E-state index contributed by atoms with van der Waals surface area (Å²) in [5.74, 6) is 0. The first kappa shape index (κ1) is 13.5. The molecule has 0 bridgehead atoms. The number of unbranched alkanes of at least 4 members (excludes halogenated alkanes) is 3. The Bertz CT molecular complexity index is 497. The minimum Gasteiger partial charge on any atom is -0.256 e. The monoisotopic (exact) mass is 251 g/mol. The summed E-state index contributed by atoms with van der Waals surface area (Å²) in [5, 5.41) is 0. The molecule has 19 heavy (non-hydrogen) atoms. The van der Waals surface area contributed by atoms with Gasteiger partial charge in [0.1, 0.15) is 0 Å². The molecule has 98 valence electrons. The summed E-state index contributed by atoms with van der Waals surface area (Å²) in [4.78, 5) is 4.51. The topological polar surface area (TPSA) is 12.9 Å². The van der Waals surface area contributed by atoms with E-state index in [1.807, 2.05) is 24.4 Å². The van der Waals surface area contributed by atoms with E-state index in [4.69, 9.17) is 0 Å². The Morgan fingerprint density at radius 3 is 2.53 bits per heavy atom. The van der Waals surface area contributed by atoms with E-state index in [0.717, 1.165) is 12.1 Å². The first-order valence-corrected chi connectivity index (χ1v) is 7.08. The molecule has 0 aliphatic rings. The van der Waals surface area contributed by atoms with Crippen molar-refractivity contribution in [1.82, 2.24) is 4.98 Å². The highest BCUT2D eigenvalue weighted by Crippen LogP contribution is 2.16. The molecule has 0 unspecified atom stereocenters. The molecule has 0 atom stereocenters. The zero-order valence-electron chi connectivity index (χ0n) is 11.5. The smallest absolute Gasteiger partial charge is 0.0702 e. The van der Waals surface area contributed by atoms with E-state index in [1.165, 1.54) is 30.4 Å². The molecule has 1 aromatic heterocycles. The van der Waals surface area contributed by atoms with E-state index in [0.29, 0.717) is 0 Å². The van der Waals surface area contributed by atoms with Crippen LogP contribution in [0.2, 0.25) is 0 Å². The molecule has 2 rings (SSSR count). The fourth-order valence-corrected chi connectivity index (χ4v) is 2.02. The Balaban J connectivity index is 1.95. The summed E-state index contributed by atoms with van der Waals surface area (Å²) in [7, 11) is 0. The maximum absolute atomic E-state index is 4.51. The predicted molar refractivity (Wildman–Crippen MR) is 82.8 cm³/mol. The van der Waals surface area contributed by atoms with Crippen molar-refractivity contribution in [3.05, 3.63) is 60.3 Å². The normalized spacial score (nSPS) is 11.0. The maximum Gasteiger partial charge on any atom is 0.0702 e. The highest BCUT2D eigenvalue weighted by molar-refractivity contribution is 5.60. The highest BCUT2D eigenvalue weighted by atomic mass is 14.7. The number of benzene rings is 1. The van der Waals surface area contributed by atoms with Gasteiger partial charge < -0.3 is 0 Å². The molecule has 0 radical (unpaired) electrons. The Labute approximate surface area is 116 Å². The van der Waals surface area contributed by atoms with Crippen molar-refractivity contribution in [3.8, 4) is 11.3 Å². The third-order valence-electron chi connectivity index (χ3n) is 3.14. The Kier molecular flexibility index (Phi) is 5.36. The SMILES string of the molecule is CCCCC/C=C/c1ccc(-c2ccccc2)nc1. The summed E-state index contributed by atoms with van der Waals surface area (Å²) in [6, 6.07) is 14.5. The van der Waals surface area contributed by atoms with Gasteiger partial charge in [-0.05, 0) is 24.5 Å². The fourth-order valence-electron chi connectivity index (χ4n) is 2.02. The lowest BCUT2D eigenvalue weighted by Crippen LogP contribution is -1.83. The van der Waals surface area contributed by atoms with Crippen LogP contribution in [0.3, 0.4) is 0 Å². The lowest BCUT2D eigenvalue weighted by atomic mass is 10.1. The van der Waals surface area contributed by atoms with Gasteiger partial charge in [0.15, 0.2) is 0 Å². The summed E-state index contributed by atoms with van der Waals surface area (Å²) < 4.78 is 0. The van der Waals surface area contributed by atoms with Crippen molar-refractivity contribution in [3.63, 3.8) is 0 Å². The van der Waals surface area contributed by atoms with Crippen molar-refractivity contribution in [2.75, 3.05) is 0 Å². The predicted octanol–water partition coefficient (Wildman–Crippen LogP) is 5.34. The van der Waals surface area contributed by atoms with Gasteiger partial charge in [0.2, 0.25) is 0 Å². The second kappa shape index (κ2) is 7.52. The van der Waals surface area contributed by atoms with Gasteiger partial charge in [-0.25, -0.2) is 0 Å². The number of aromatic nitrogens is 1. The number of hydrogen-bond acceptors (Lipinski definition) is 1. The van der Waals surface area contributed by atoms with Crippen LogP contribution in [0.25, 0.3) is 17.3 Å². The average molecular weight is 251 g/mol. The number of nitrogens with zero attached hydrogens (tertiary/aromatic N) is 1. The van der Waals surface area contributed by atoms with Crippen molar-refractivity contribution in [2.45, 2.75) is 32.6 Å². The van der Waals surface area contributed by atoms with E-state index in [2.05, 4.69) is 48.3 Å². The second-order valence-corrected chi connectivity index (χ2v) is 4.74. The van der Waals surface area contributed by atoms with Crippen LogP contribution < -0.4 is 0 Å². The molecule has 0 saturated carbocycles. The molecule has 2 aromatic rings. The zero-order valence-corrected chi connectivity index (χ0v) is 11.5. The quantitative estimate of drug-likeness (QED) is 0.631. The van der Waals surface area contributed by atoms with Crippen LogP contribution in [0.5, 0.6) is 0 Å². The summed E-state index contributed by atoms with van der Waals surface area (Å²) in [6.45, 7) is 2.23. The van der Waals surface area contributed by atoms with Crippen LogP contribution in [-0.4, -0.2) is 4.98 Å². The highest BCUT2D eigenvalue weighted by Gasteiger charge is 1.96. The van der Waals surface area contributed by atoms with Gasteiger partial charge in [0, 0.05) is 11.8 Å². The van der Waals surface area contributed by atoms with E-state index in [-0.39, 0.29) is 0 Å². The first-order chi connectivity index (χ1) is 9.40. The molecule has 0 saturated heterocycles. The maximum atomic E-state index is 4.51. The average Bonchev–Trinajstić information content (AvgIpc) is 2.49. The number of pyridine rings is 1. The van der Waals surface area contributed by atoms with Crippen LogP contribution in [0.1, 0.15) is 38.2 Å². The molecule has 0 fully saturated rings. The van der Waals surface area contributed by atoms with Crippen LogP contribution in [0.15, 0.2) is 54.7 Å². The van der Waals surface area contributed by atoms with Crippen LogP contribution in [-0.2, 0) is 0 Å². The lowest BCUT2D eigenvalue weighted by molar-refractivity contribution is 0.730. The van der Waals surface area contributed by atoms with Gasteiger partial charge >= 0.3 is 0 Å². The van der Waals surface area contributed by atoms with Gasteiger partial charge in [0.05, 0.1) is 5.69 Å². The van der Waals surface area contributed by atoms with Crippen molar-refractivity contribution < 1.29 is 0 Å². The third kappa shape index (κ3) is 4.36.